The van der Waals surface area contributed by atoms with E-state index < -0.39 is 5.54 Å². The van der Waals surface area contributed by atoms with Crippen molar-refractivity contribution in [2.24, 2.45) is 0 Å². The fourth-order valence-corrected chi connectivity index (χ4v) is 2.30. The third kappa shape index (κ3) is 2.76. The van der Waals surface area contributed by atoms with Crippen LogP contribution in [0.5, 0.6) is 5.75 Å². The normalized spacial score (nSPS) is 18.4. The quantitative estimate of drug-likeness (QED) is 0.914. The van der Waals surface area contributed by atoms with E-state index in [2.05, 4.69) is 5.32 Å². The number of carbonyl (C=O) groups is 2. The molecule has 2 amide bonds. The Hall–Kier alpha value is -2.04. The van der Waals surface area contributed by atoms with E-state index in [-0.39, 0.29) is 18.2 Å². The summed E-state index contributed by atoms with van der Waals surface area (Å²) in [6, 6.07) is 7.40. The van der Waals surface area contributed by atoms with Gasteiger partial charge in [0.15, 0.2) is 0 Å². The largest absolute Gasteiger partial charge is 0.492 e. The maximum atomic E-state index is 12.6. The zero-order valence-corrected chi connectivity index (χ0v) is 12.1. The lowest BCUT2D eigenvalue weighted by Gasteiger charge is -2.29. The van der Waals surface area contributed by atoms with Crippen LogP contribution in [0.15, 0.2) is 24.3 Å². The van der Waals surface area contributed by atoms with E-state index in [9.17, 15) is 9.59 Å². The fraction of sp³-hybridized carbons (Fsp3) is 0.467. The summed E-state index contributed by atoms with van der Waals surface area (Å²) in [7, 11) is 0. The van der Waals surface area contributed by atoms with E-state index in [0.717, 1.165) is 0 Å². The smallest absolute Gasteiger partial charge is 0.252 e. The van der Waals surface area contributed by atoms with Crippen molar-refractivity contribution in [3.8, 4) is 5.75 Å². The van der Waals surface area contributed by atoms with Crippen LogP contribution in [-0.2, 0) is 9.59 Å². The highest BCUT2D eigenvalue weighted by atomic mass is 16.5. The monoisotopic (exact) mass is 276 g/mol. The number of ether oxygens (including phenoxy) is 1. The standard InChI is InChI=1S/C15H20N2O3/c1-4-20-12-8-6-5-7-11(12)17-10-9-13(18)16-15(2,3)14(17)19/h5-8H,4,9-10H2,1-3H3,(H,16,18). The first-order valence-electron chi connectivity index (χ1n) is 6.80. The Balaban J connectivity index is 2.40. The van der Waals surface area contributed by atoms with Crippen LogP contribution in [0.4, 0.5) is 5.69 Å². The maximum Gasteiger partial charge on any atom is 0.252 e. The summed E-state index contributed by atoms with van der Waals surface area (Å²) < 4.78 is 5.58. The number of nitrogens with zero attached hydrogens (tertiary/aromatic N) is 1. The second kappa shape index (κ2) is 5.53. The van der Waals surface area contributed by atoms with Crippen LogP contribution < -0.4 is 15.0 Å². The molecule has 1 fully saturated rings. The van der Waals surface area contributed by atoms with E-state index in [4.69, 9.17) is 4.74 Å². The Labute approximate surface area is 118 Å². The molecule has 108 valence electrons. The van der Waals surface area contributed by atoms with Gasteiger partial charge in [0.05, 0.1) is 12.3 Å². The number of carbonyl (C=O) groups excluding carboxylic acids is 2. The summed E-state index contributed by atoms with van der Waals surface area (Å²) in [4.78, 5) is 26.0. The van der Waals surface area contributed by atoms with E-state index in [1.807, 2.05) is 31.2 Å². The van der Waals surface area contributed by atoms with Gasteiger partial charge in [-0.3, -0.25) is 9.59 Å². The molecule has 1 N–H and O–H groups in total. The van der Waals surface area contributed by atoms with Gasteiger partial charge in [-0.25, -0.2) is 0 Å². The SMILES string of the molecule is CCOc1ccccc1N1CCC(=O)NC(C)(C)C1=O. The molecule has 5 heteroatoms. The molecule has 0 radical (unpaired) electrons. The van der Waals surface area contributed by atoms with Crippen LogP contribution in [-0.4, -0.2) is 30.5 Å². The lowest BCUT2D eigenvalue weighted by atomic mass is 10.0. The van der Waals surface area contributed by atoms with Gasteiger partial charge in [0.2, 0.25) is 5.91 Å². The average molecular weight is 276 g/mol. The first-order chi connectivity index (χ1) is 9.45. The minimum atomic E-state index is -0.910. The van der Waals surface area contributed by atoms with Gasteiger partial charge in [0, 0.05) is 13.0 Å². The van der Waals surface area contributed by atoms with Crippen molar-refractivity contribution in [1.82, 2.24) is 5.32 Å². The summed E-state index contributed by atoms with van der Waals surface area (Å²) in [5.74, 6) is 0.420. The number of nitrogens with one attached hydrogen (secondary N) is 1. The van der Waals surface area contributed by atoms with Crippen LogP contribution in [0.25, 0.3) is 0 Å². The second-order valence-electron chi connectivity index (χ2n) is 5.28. The van der Waals surface area contributed by atoms with Crippen molar-refractivity contribution in [2.75, 3.05) is 18.1 Å². The Bertz CT molecular complexity index is 526. The molecule has 0 bridgehead atoms. The third-order valence-electron chi connectivity index (χ3n) is 3.25. The van der Waals surface area contributed by atoms with Gasteiger partial charge in [0.25, 0.3) is 5.91 Å². The summed E-state index contributed by atoms with van der Waals surface area (Å²) in [5, 5.41) is 2.75. The van der Waals surface area contributed by atoms with Gasteiger partial charge in [-0.1, -0.05) is 12.1 Å². The molecular formula is C15H20N2O3. The number of para-hydroxylation sites is 2. The number of hydrogen-bond acceptors (Lipinski definition) is 3. The lowest BCUT2D eigenvalue weighted by molar-refractivity contribution is -0.128. The molecule has 5 nitrogen and oxygen atoms in total. The minimum absolute atomic E-state index is 0.111. The predicted octanol–water partition coefficient (Wildman–Crippen LogP) is 1.72. The van der Waals surface area contributed by atoms with Gasteiger partial charge < -0.3 is 15.0 Å². The highest BCUT2D eigenvalue weighted by Gasteiger charge is 2.37. The molecule has 1 saturated heterocycles. The van der Waals surface area contributed by atoms with Gasteiger partial charge in [-0.2, -0.15) is 0 Å². The van der Waals surface area contributed by atoms with Gasteiger partial charge in [-0.05, 0) is 32.9 Å². The van der Waals surface area contributed by atoms with Crippen LogP contribution in [0, 0.1) is 0 Å². The second-order valence-corrected chi connectivity index (χ2v) is 5.28. The summed E-state index contributed by atoms with van der Waals surface area (Å²) in [6.45, 7) is 6.22. The van der Waals surface area contributed by atoms with Crippen molar-refractivity contribution in [3.63, 3.8) is 0 Å². The van der Waals surface area contributed by atoms with Crippen LogP contribution >= 0.6 is 0 Å². The number of rotatable bonds is 3. The van der Waals surface area contributed by atoms with Gasteiger partial charge >= 0.3 is 0 Å². The summed E-state index contributed by atoms with van der Waals surface area (Å²) in [5.41, 5.74) is -0.198. The highest BCUT2D eigenvalue weighted by molar-refractivity contribution is 6.04. The molecule has 1 aromatic rings. The number of hydrogen-bond donors (Lipinski definition) is 1. The molecule has 1 aliphatic heterocycles. The molecule has 0 aliphatic carbocycles. The molecule has 20 heavy (non-hydrogen) atoms. The maximum absolute atomic E-state index is 12.6. The van der Waals surface area contributed by atoms with E-state index in [1.54, 1.807) is 18.7 Å². The molecule has 1 aromatic carbocycles. The molecule has 0 atom stereocenters. The Morgan fingerprint density at radius 1 is 1.30 bits per heavy atom. The average Bonchev–Trinajstić information content (AvgIpc) is 2.49. The molecular weight excluding hydrogens is 256 g/mol. The Kier molecular flexibility index (Phi) is 3.97. The first kappa shape index (κ1) is 14.4. The zero-order chi connectivity index (χ0) is 14.8. The molecule has 0 spiro atoms. The Morgan fingerprint density at radius 2 is 2.00 bits per heavy atom. The lowest BCUT2D eigenvalue weighted by Crippen LogP contribution is -2.53. The summed E-state index contributed by atoms with van der Waals surface area (Å²) in [6.07, 6.45) is 0.287. The van der Waals surface area contributed by atoms with Crippen molar-refractivity contribution < 1.29 is 14.3 Å². The van der Waals surface area contributed by atoms with Crippen molar-refractivity contribution in [3.05, 3.63) is 24.3 Å². The predicted molar refractivity (Wildman–Crippen MR) is 76.8 cm³/mol. The van der Waals surface area contributed by atoms with Crippen LogP contribution in [0.1, 0.15) is 27.2 Å². The summed E-state index contributed by atoms with van der Waals surface area (Å²) >= 11 is 0. The van der Waals surface area contributed by atoms with Crippen LogP contribution in [0.3, 0.4) is 0 Å². The molecule has 0 unspecified atom stereocenters. The molecule has 1 aliphatic rings. The van der Waals surface area contributed by atoms with Crippen LogP contribution in [0.2, 0.25) is 0 Å². The third-order valence-corrected chi connectivity index (χ3v) is 3.25. The highest BCUT2D eigenvalue weighted by Crippen LogP contribution is 2.30. The van der Waals surface area contributed by atoms with Crippen molar-refractivity contribution in [1.29, 1.82) is 0 Å². The van der Waals surface area contributed by atoms with Crippen molar-refractivity contribution >= 4 is 17.5 Å². The van der Waals surface area contributed by atoms with Gasteiger partial charge in [-0.15, -0.1) is 0 Å². The first-order valence-corrected chi connectivity index (χ1v) is 6.80. The van der Waals surface area contributed by atoms with E-state index in [1.165, 1.54) is 0 Å². The number of benzene rings is 1. The molecule has 0 saturated carbocycles. The molecule has 1 heterocycles. The Morgan fingerprint density at radius 3 is 2.70 bits per heavy atom. The topological polar surface area (TPSA) is 58.6 Å². The number of anilines is 1. The molecule has 2 rings (SSSR count). The molecule has 0 aromatic heterocycles. The minimum Gasteiger partial charge on any atom is -0.492 e. The zero-order valence-electron chi connectivity index (χ0n) is 12.1. The fourth-order valence-electron chi connectivity index (χ4n) is 2.30. The van der Waals surface area contributed by atoms with E-state index >= 15 is 0 Å². The van der Waals surface area contributed by atoms with Gasteiger partial charge in [0.1, 0.15) is 11.3 Å². The number of amides is 2. The van der Waals surface area contributed by atoms with E-state index in [0.29, 0.717) is 24.6 Å². The van der Waals surface area contributed by atoms with Crippen molar-refractivity contribution in [2.45, 2.75) is 32.7 Å².